The summed E-state index contributed by atoms with van der Waals surface area (Å²) in [6, 6.07) is 6.88. The molecule has 0 bridgehead atoms. The molecule has 3 heteroatoms. The summed E-state index contributed by atoms with van der Waals surface area (Å²) in [6.07, 6.45) is 28.6. The second kappa shape index (κ2) is 13.5. The van der Waals surface area contributed by atoms with Gasteiger partial charge >= 0.3 is 0 Å². The number of benzene rings is 1. The van der Waals surface area contributed by atoms with Gasteiger partial charge in [-0.2, -0.15) is 0 Å². The monoisotopic (exact) mass is 498 g/mol. The van der Waals surface area contributed by atoms with E-state index in [2.05, 4.69) is 35.3 Å². The molecule has 0 saturated heterocycles. The highest BCUT2D eigenvalue weighted by molar-refractivity contribution is 5.78. The van der Waals surface area contributed by atoms with Crippen molar-refractivity contribution in [2.45, 2.75) is 128 Å². The first kappa shape index (κ1) is 26.3. The third-order valence-corrected chi connectivity index (χ3v) is 9.26. The van der Waals surface area contributed by atoms with Gasteiger partial charge in [0.15, 0.2) is 0 Å². The van der Waals surface area contributed by atoms with Gasteiger partial charge in [-0.05, 0) is 99.7 Å². The highest BCUT2D eigenvalue weighted by atomic mass is 16.1. The summed E-state index contributed by atoms with van der Waals surface area (Å²) >= 11 is 0. The number of unbranched alkanes of at least 4 members (excludes halogenated alkanes) is 1. The zero-order valence-electron chi connectivity index (χ0n) is 22.9. The molecule has 1 aromatic heterocycles. The molecule has 0 N–H and O–H groups in total. The molecule has 1 heterocycles. The van der Waals surface area contributed by atoms with Crippen molar-refractivity contribution in [2.24, 2.45) is 5.92 Å². The van der Waals surface area contributed by atoms with Crippen molar-refractivity contribution in [1.29, 1.82) is 0 Å². The van der Waals surface area contributed by atoms with Gasteiger partial charge in [0, 0.05) is 24.3 Å². The van der Waals surface area contributed by atoms with Gasteiger partial charge in [0.25, 0.3) is 0 Å². The summed E-state index contributed by atoms with van der Waals surface area (Å²) in [5, 5.41) is 0. The SMILES string of the molecule is O=C(CCCCc1cccc2c1CCCC2)CCCC1CCCC(c2ncnc3c2C=CCC3)CCC1. The number of aryl methyl sites for hydroxylation is 3. The highest BCUT2D eigenvalue weighted by Gasteiger charge is 2.23. The van der Waals surface area contributed by atoms with Gasteiger partial charge in [-0.1, -0.05) is 62.5 Å². The number of hydrogen-bond donors (Lipinski definition) is 0. The summed E-state index contributed by atoms with van der Waals surface area (Å²) in [4.78, 5) is 21.8. The van der Waals surface area contributed by atoms with E-state index >= 15 is 0 Å². The molecular formula is C34H46N2O. The number of allylic oxidation sites excluding steroid dienone is 1. The lowest BCUT2D eigenvalue weighted by Gasteiger charge is -2.26. The van der Waals surface area contributed by atoms with Crippen LogP contribution in [-0.2, 0) is 30.5 Å². The van der Waals surface area contributed by atoms with E-state index in [4.69, 9.17) is 4.98 Å². The number of hydrogen-bond acceptors (Lipinski definition) is 3. The lowest BCUT2D eigenvalue weighted by molar-refractivity contribution is -0.119. The van der Waals surface area contributed by atoms with Crippen LogP contribution >= 0.6 is 0 Å². The summed E-state index contributed by atoms with van der Waals surface area (Å²) in [7, 11) is 0. The summed E-state index contributed by atoms with van der Waals surface area (Å²) in [5.74, 6) is 1.88. The van der Waals surface area contributed by atoms with Crippen LogP contribution in [0.4, 0.5) is 0 Å². The van der Waals surface area contributed by atoms with Gasteiger partial charge in [-0.25, -0.2) is 9.97 Å². The number of ketones is 1. The van der Waals surface area contributed by atoms with Crippen molar-refractivity contribution in [1.82, 2.24) is 9.97 Å². The number of fused-ring (bicyclic) bond motifs is 2. The normalized spacial score (nSPS) is 21.5. The fraction of sp³-hybridized carbons (Fsp3) is 0.618. The minimum Gasteiger partial charge on any atom is -0.300 e. The maximum Gasteiger partial charge on any atom is 0.132 e. The second-order valence-electron chi connectivity index (χ2n) is 11.9. The second-order valence-corrected chi connectivity index (χ2v) is 11.9. The van der Waals surface area contributed by atoms with E-state index < -0.39 is 0 Å². The molecule has 1 aromatic carbocycles. The van der Waals surface area contributed by atoms with Crippen molar-refractivity contribution in [3.05, 3.63) is 64.2 Å². The van der Waals surface area contributed by atoms with E-state index in [9.17, 15) is 4.79 Å². The van der Waals surface area contributed by atoms with E-state index in [1.165, 1.54) is 87.6 Å². The van der Waals surface area contributed by atoms with Crippen molar-refractivity contribution in [3.8, 4) is 0 Å². The lowest BCUT2D eigenvalue weighted by atomic mass is 9.81. The maximum atomic E-state index is 12.6. The van der Waals surface area contributed by atoms with Gasteiger partial charge in [0.05, 0.1) is 11.4 Å². The van der Waals surface area contributed by atoms with E-state index in [0.717, 1.165) is 57.3 Å². The summed E-state index contributed by atoms with van der Waals surface area (Å²) in [5.41, 5.74) is 8.62. The molecular weight excluding hydrogens is 452 g/mol. The number of carbonyl (C=O) groups is 1. The zero-order chi connectivity index (χ0) is 25.3. The zero-order valence-corrected chi connectivity index (χ0v) is 22.9. The van der Waals surface area contributed by atoms with Gasteiger partial charge in [0.2, 0.25) is 0 Å². The Kier molecular flexibility index (Phi) is 9.60. The molecule has 3 nitrogen and oxygen atoms in total. The highest BCUT2D eigenvalue weighted by Crippen LogP contribution is 2.36. The number of rotatable bonds is 10. The molecule has 3 aliphatic carbocycles. The molecule has 198 valence electrons. The Morgan fingerprint density at radius 2 is 1.70 bits per heavy atom. The standard InChI is InChI=1S/C34H46N2O/c37-30(20-3-1-14-27-16-10-17-28-15-2-4-22-31(27)28)21-9-13-26-11-7-18-29(19-8-12-26)34-32-23-5-6-24-33(32)35-25-36-34/h5,10,16-17,23,25-26,29H,1-4,6-9,11-15,18-22,24H2. The van der Waals surface area contributed by atoms with E-state index in [1.54, 1.807) is 23.0 Å². The first-order chi connectivity index (χ1) is 18.3. The topological polar surface area (TPSA) is 42.9 Å². The smallest absolute Gasteiger partial charge is 0.132 e. The fourth-order valence-corrected chi connectivity index (χ4v) is 7.18. The summed E-state index contributed by atoms with van der Waals surface area (Å²) in [6.45, 7) is 0. The predicted octanol–water partition coefficient (Wildman–Crippen LogP) is 8.52. The molecule has 0 spiro atoms. The average molecular weight is 499 g/mol. The van der Waals surface area contributed by atoms with Crippen molar-refractivity contribution >= 4 is 11.9 Å². The van der Waals surface area contributed by atoms with Crippen LogP contribution in [0.15, 0.2) is 30.6 Å². The molecule has 2 aromatic rings. The first-order valence-electron chi connectivity index (χ1n) is 15.4. The lowest BCUT2D eigenvalue weighted by Crippen LogP contribution is -2.13. The molecule has 0 radical (unpaired) electrons. The van der Waals surface area contributed by atoms with Crippen molar-refractivity contribution in [3.63, 3.8) is 0 Å². The molecule has 3 aliphatic rings. The Morgan fingerprint density at radius 1 is 0.865 bits per heavy atom. The maximum absolute atomic E-state index is 12.6. The van der Waals surface area contributed by atoms with Crippen LogP contribution < -0.4 is 0 Å². The molecule has 0 amide bonds. The fourth-order valence-electron chi connectivity index (χ4n) is 7.18. The quantitative estimate of drug-likeness (QED) is 0.308. The average Bonchev–Trinajstić information content (AvgIpc) is 2.92. The summed E-state index contributed by atoms with van der Waals surface area (Å²) < 4.78 is 0. The van der Waals surface area contributed by atoms with Crippen LogP contribution in [0.5, 0.6) is 0 Å². The predicted molar refractivity (Wildman–Crippen MR) is 153 cm³/mol. The van der Waals surface area contributed by atoms with Gasteiger partial charge in [-0.15, -0.1) is 0 Å². The van der Waals surface area contributed by atoms with Gasteiger partial charge in [0.1, 0.15) is 12.1 Å². The molecule has 5 rings (SSSR count). The Bertz CT molecular complexity index is 1060. The van der Waals surface area contributed by atoms with Gasteiger partial charge in [-0.3, -0.25) is 4.79 Å². The van der Waals surface area contributed by atoms with Crippen LogP contribution in [0.2, 0.25) is 0 Å². The third-order valence-electron chi connectivity index (χ3n) is 9.26. The van der Waals surface area contributed by atoms with Crippen LogP contribution in [0, 0.1) is 5.92 Å². The van der Waals surface area contributed by atoms with Crippen LogP contribution in [0.1, 0.15) is 136 Å². The Balaban J connectivity index is 0.980. The van der Waals surface area contributed by atoms with Crippen LogP contribution in [0.25, 0.3) is 6.08 Å². The Morgan fingerprint density at radius 3 is 2.59 bits per heavy atom. The van der Waals surface area contributed by atoms with Crippen molar-refractivity contribution in [2.75, 3.05) is 0 Å². The number of carbonyl (C=O) groups excluding carboxylic acids is 1. The van der Waals surface area contributed by atoms with Crippen LogP contribution in [-0.4, -0.2) is 15.8 Å². The Hall–Kier alpha value is -2.29. The Labute approximate surface area is 224 Å². The van der Waals surface area contributed by atoms with Gasteiger partial charge < -0.3 is 0 Å². The first-order valence-corrected chi connectivity index (χ1v) is 15.4. The molecule has 37 heavy (non-hydrogen) atoms. The molecule has 0 unspecified atom stereocenters. The molecule has 1 saturated carbocycles. The minimum atomic E-state index is 0.489. The van der Waals surface area contributed by atoms with Crippen molar-refractivity contribution < 1.29 is 4.79 Å². The van der Waals surface area contributed by atoms with E-state index in [0.29, 0.717) is 11.7 Å². The van der Waals surface area contributed by atoms with E-state index in [1.807, 2.05) is 0 Å². The number of aromatic nitrogens is 2. The van der Waals surface area contributed by atoms with Crippen LogP contribution in [0.3, 0.4) is 0 Å². The third kappa shape index (κ3) is 7.18. The number of nitrogens with zero attached hydrogens (tertiary/aromatic N) is 2. The minimum absolute atomic E-state index is 0.489. The number of Topliss-reactive ketones (excluding diaryl/α,β-unsaturated/α-hetero) is 1. The molecule has 0 atom stereocenters. The largest absolute Gasteiger partial charge is 0.300 e. The molecule has 1 fully saturated rings. The molecule has 0 aliphatic heterocycles. The van der Waals surface area contributed by atoms with E-state index in [-0.39, 0.29) is 0 Å².